The Bertz CT molecular complexity index is 1260. The lowest BCUT2D eigenvalue weighted by atomic mass is 9.71. The van der Waals surface area contributed by atoms with E-state index in [1.54, 1.807) is 0 Å². The van der Waals surface area contributed by atoms with Crippen LogP contribution in [0.3, 0.4) is 0 Å². The number of carbonyl (C=O) groups excluding carboxylic acids is 1. The van der Waals surface area contributed by atoms with Gasteiger partial charge in [0.15, 0.2) is 0 Å². The van der Waals surface area contributed by atoms with E-state index >= 15 is 0 Å². The van der Waals surface area contributed by atoms with E-state index in [-0.39, 0.29) is 18.9 Å². The normalized spacial score (nSPS) is 17.9. The molecular formula is C32H44N4O3. The summed E-state index contributed by atoms with van der Waals surface area (Å²) < 4.78 is 2.39. The first-order chi connectivity index (χ1) is 18.5. The number of amides is 1. The summed E-state index contributed by atoms with van der Waals surface area (Å²) >= 11 is 0. The third kappa shape index (κ3) is 7.20. The largest absolute Gasteiger partial charge is 0.481 e. The number of nitrogens with one attached hydrogen (secondary N) is 1. The van der Waals surface area contributed by atoms with Gasteiger partial charge in [-0.3, -0.25) is 9.59 Å². The third-order valence-electron chi connectivity index (χ3n) is 7.99. The van der Waals surface area contributed by atoms with Crippen molar-refractivity contribution in [2.24, 2.45) is 17.3 Å². The van der Waals surface area contributed by atoms with Crippen LogP contribution in [0.25, 0.3) is 11.0 Å². The van der Waals surface area contributed by atoms with Gasteiger partial charge in [0, 0.05) is 31.2 Å². The van der Waals surface area contributed by atoms with Crippen LogP contribution in [-0.2, 0) is 17.9 Å². The number of hydrogen-bond acceptors (Lipinski definition) is 4. The van der Waals surface area contributed by atoms with Crippen LogP contribution < -0.4 is 10.2 Å². The van der Waals surface area contributed by atoms with Crippen molar-refractivity contribution in [3.63, 3.8) is 0 Å². The van der Waals surface area contributed by atoms with E-state index in [1.165, 1.54) is 18.4 Å². The molecule has 7 heteroatoms. The summed E-state index contributed by atoms with van der Waals surface area (Å²) in [7, 11) is 0. The topological polar surface area (TPSA) is 87.5 Å². The Morgan fingerprint density at radius 2 is 1.72 bits per heavy atom. The number of rotatable bonds is 10. The van der Waals surface area contributed by atoms with Gasteiger partial charge < -0.3 is 19.9 Å². The van der Waals surface area contributed by atoms with Gasteiger partial charge >= 0.3 is 5.97 Å². The number of benzene rings is 2. The molecule has 7 nitrogen and oxygen atoms in total. The maximum Gasteiger partial charge on any atom is 0.305 e. The molecule has 1 saturated carbocycles. The minimum absolute atomic E-state index is 0.0897. The van der Waals surface area contributed by atoms with Gasteiger partial charge in [-0.15, -0.1) is 0 Å². The molecule has 0 bridgehead atoms. The summed E-state index contributed by atoms with van der Waals surface area (Å²) in [5.41, 5.74) is 4.17. The SMILES string of the molecule is CC(C)Cn1c(N(Cc2ccc(C(=O)NCCC(=O)O)cc2)C2CCC(C(C)(C)C)CC2)nc2ccccc21. The Kier molecular flexibility index (Phi) is 8.98. The van der Waals surface area contributed by atoms with Crippen molar-refractivity contribution in [3.05, 3.63) is 59.7 Å². The van der Waals surface area contributed by atoms with Crippen LogP contribution in [0.2, 0.25) is 0 Å². The standard InChI is InChI=1S/C32H44N4O3/c1-22(2)20-36-28-9-7-6-8-27(28)34-31(36)35(26-16-14-25(15-17-26)32(3,4)5)21-23-10-12-24(13-11-23)30(39)33-19-18-29(37)38/h6-13,22,25-26H,14-21H2,1-5H3,(H,33,39)(H,37,38). The van der Waals surface area contributed by atoms with Gasteiger partial charge in [-0.05, 0) is 72.8 Å². The smallest absolute Gasteiger partial charge is 0.305 e. The van der Waals surface area contributed by atoms with Gasteiger partial charge in [-0.2, -0.15) is 0 Å². The molecule has 2 N–H and O–H groups in total. The van der Waals surface area contributed by atoms with E-state index in [0.29, 0.717) is 29.5 Å². The van der Waals surface area contributed by atoms with Crippen molar-refractivity contribution in [1.82, 2.24) is 14.9 Å². The summed E-state index contributed by atoms with van der Waals surface area (Å²) in [5, 5.41) is 11.5. The predicted molar refractivity (Wildman–Crippen MR) is 157 cm³/mol. The molecule has 1 aliphatic rings. The third-order valence-corrected chi connectivity index (χ3v) is 7.99. The molecule has 39 heavy (non-hydrogen) atoms. The number of carboxylic acids is 1. The molecule has 1 aliphatic carbocycles. The van der Waals surface area contributed by atoms with E-state index in [2.05, 4.69) is 73.7 Å². The van der Waals surface area contributed by atoms with E-state index in [9.17, 15) is 9.59 Å². The van der Waals surface area contributed by atoms with E-state index in [0.717, 1.165) is 42.3 Å². The summed E-state index contributed by atoms with van der Waals surface area (Å²) in [4.78, 5) is 30.9. The fourth-order valence-electron chi connectivity index (χ4n) is 5.79. The highest BCUT2D eigenvalue weighted by molar-refractivity contribution is 5.94. The van der Waals surface area contributed by atoms with Crippen LogP contribution in [-0.4, -0.2) is 39.1 Å². The lowest BCUT2D eigenvalue weighted by molar-refractivity contribution is -0.136. The second kappa shape index (κ2) is 12.2. The number of imidazole rings is 1. The van der Waals surface area contributed by atoms with Gasteiger partial charge in [-0.1, -0.05) is 58.9 Å². The molecule has 1 amide bonds. The Morgan fingerprint density at radius 3 is 2.33 bits per heavy atom. The average Bonchev–Trinajstić information content (AvgIpc) is 3.24. The lowest BCUT2D eigenvalue weighted by Gasteiger charge is -2.41. The number of carboxylic acid groups (broad SMARTS) is 1. The summed E-state index contributed by atoms with van der Waals surface area (Å²) in [6.07, 6.45) is 4.61. The molecule has 0 saturated heterocycles. The summed E-state index contributed by atoms with van der Waals surface area (Å²) in [6, 6.07) is 16.5. The number of aliphatic carboxylic acids is 1. The fraction of sp³-hybridized carbons (Fsp3) is 0.531. The molecule has 0 spiro atoms. The molecule has 0 aliphatic heterocycles. The molecule has 4 rings (SSSR count). The average molecular weight is 533 g/mol. The van der Waals surface area contributed by atoms with Crippen LogP contribution in [0.15, 0.2) is 48.5 Å². The molecule has 0 atom stereocenters. The lowest BCUT2D eigenvalue weighted by Crippen LogP contribution is -2.41. The van der Waals surface area contributed by atoms with Crippen LogP contribution in [0.5, 0.6) is 0 Å². The first kappa shape index (κ1) is 28.7. The van der Waals surface area contributed by atoms with Crippen LogP contribution in [0.1, 0.15) is 82.6 Å². The number of carbonyl (C=O) groups is 2. The molecule has 1 heterocycles. The zero-order valence-corrected chi connectivity index (χ0v) is 24.1. The number of fused-ring (bicyclic) bond motifs is 1. The Hall–Kier alpha value is -3.35. The Balaban J connectivity index is 1.62. The molecule has 0 radical (unpaired) electrons. The Morgan fingerprint density at radius 1 is 1.05 bits per heavy atom. The second-order valence-corrected chi connectivity index (χ2v) is 12.5. The molecule has 3 aromatic rings. The van der Waals surface area contributed by atoms with E-state index < -0.39 is 5.97 Å². The Labute approximate surface area is 232 Å². The fourth-order valence-corrected chi connectivity index (χ4v) is 5.79. The highest BCUT2D eigenvalue weighted by Crippen LogP contribution is 2.40. The molecule has 210 valence electrons. The highest BCUT2D eigenvalue weighted by atomic mass is 16.4. The molecule has 0 unspecified atom stereocenters. The molecule has 1 aromatic heterocycles. The molecule has 2 aromatic carbocycles. The minimum atomic E-state index is -0.925. The number of hydrogen-bond donors (Lipinski definition) is 2. The number of nitrogens with zero attached hydrogens (tertiary/aromatic N) is 3. The number of aromatic nitrogens is 2. The van der Waals surface area contributed by atoms with E-state index in [4.69, 9.17) is 10.1 Å². The van der Waals surface area contributed by atoms with Crippen LogP contribution in [0, 0.1) is 17.3 Å². The van der Waals surface area contributed by atoms with Gasteiger partial charge in [0.25, 0.3) is 5.91 Å². The van der Waals surface area contributed by atoms with Gasteiger partial charge in [-0.25, -0.2) is 4.98 Å². The van der Waals surface area contributed by atoms with Crippen LogP contribution in [0.4, 0.5) is 5.95 Å². The maximum absolute atomic E-state index is 12.5. The quantitative estimate of drug-likeness (QED) is 0.311. The van der Waals surface area contributed by atoms with Crippen molar-refractivity contribution in [2.75, 3.05) is 11.4 Å². The zero-order valence-electron chi connectivity index (χ0n) is 24.1. The molecular weight excluding hydrogens is 488 g/mol. The first-order valence-corrected chi connectivity index (χ1v) is 14.3. The number of anilines is 1. The molecule has 1 fully saturated rings. The summed E-state index contributed by atoms with van der Waals surface area (Å²) in [6.45, 7) is 13.3. The van der Waals surface area contributed by atoms with Gasteiger partial charge in [0.05, 0.1) is 17.5 Å². The van der Waals surface area contributed by atoms with Gasteiger partial charge in [0.1, 0.15) is 0 Å². The first-order valence-electron chi connectivity index (χ1n) is 14.3. The van der Waals surface area contributed by atoms with Crippen molar-refractivity contribution >= 4 is 28.9 Å². The van der Waals surface area contributed by atoms with Crippen molar-refractivity contribution < 1.29 is 14.7 Å². The second-order valence-electron chi connectivity index (χ2n) is 12.5. The minimum Gasteiger partial charge on any atom is -0.481 e. The summed E-state index contributed by atoms with van der Waals surface area (Å²) in [5.74, 6) is 1.06. The van der Waals surface area contributed by atoms with Crippen molar-refractivity contribution in [2.45, 2.75) is 85.9 Å². The predicted octanol–water partition coefficient (Wildman–Crippen LogP) is 6.51. The van der Waals surface area contributed by atoms with Crippen LogP contribution >= 0.6 is 0 Å². The van der Waals surface area contributed by atoms with E-state index in [1.807, 2.05) is 24.3 Å². The van der Waals surface area contributed by atoms with Crippen molar-refractivity contribution in [1.29, 1.82) is 0 Å². The zero-order chi connectivity index (χ0) is 28.2. The van der Waals surface area contributed by atoms with Crippen molar-refractivity contribution in [3.8, 4) is 0 Å². The number of para-hydroxylation sites is 2. The monoisotopic (exact) mass is 532 g/mol. The highest BCUT2D eigenvalue weighted by Gasteiger charge is 2.33. The van der Waals surface area contributed by atoms with Gasteiger partial charge in [0.2, 0.25) is 5.95 Å². The maximum atomic E-state index is 12.5.